The van der Waals surface area contributed by atoms with E-state index in [4.69, 9.17) is 21.1 Å². The summed E-state index contributed by atoms with van der Waals surface area (Å²) in [4.78, 5) is 15.2. The zero-order valence-electron chi connectivity index (χ0n) is 21.0. The molecule has 0 bridgehead atoms. The second kappa shape index (κ2) is 10.7. The fourth-order valence-corrected chi connectivity index (χ4v) is 6.41. The van der Waals surface area contributed by atoms with E-state index in [1.807, 2.05) is 0 Å². The SMILES string of the molecule is O=c1sc(C(Cc2ccc(Cl)cc2C(F)(F)F)=c2ccc3c(c2)C=NN=3)c(O)n1C[C@@H]1CN2CCOC[C@H]2CO1. The minimum atomic E-state index is -4.65. The van der Waals surface area contributed by atoms with E-state index in [1.165, 1.54) is 16.7 Å². The molecule has 0 unspecified atom stereocenters. The van der Waals surface area contributed by atoms with E-state index in [9.17, 15) is 23.1 Å². The Labute approximate surface area is 235 Å². The number of morpholine rings is 2. The summed E-state index contributed by atoms with van der Waals surface area (Å²) in [7, 11) is 0. The van der Waals surface area contributed by atoms with E-state index in [-0.39, 0.29) is 46.5 Å². The van der Waals surface area contributed by atoms with Crippen molar-refractivity contribution in [1.82, 2.24) is 9.47 Å². The zero-order valence-corrected chi connectivity index (χ0v) is 22.6. The molecule has 0 amide bonds. The Kier molecular flexibility index (Phi) is 7.30. The molecule has 13 heteroatoms. The smallest absolute Gasteiger partial charge is 0.416 e. The predicted octanol–water partition coefficient (Wildman–Crippen LogP) is 2.80. The fraction of sp³-hybridized carbons (Fsp3) is 0.370. The quantitative estimate of drug-likeness (QED) is 0.492. The van der Waals surface area contributed by atoms with Crippen molar-refractivity contribution in [1.29, 1.82) is 0 Å². The lowest BCUT2D eigenvalue weighted by molar-refractivity contribution is -0.138. The molecule has 0 aliphatic carbocycles. The highest BCUT2D eigenvalue weighted by atomic mass is 35.5. The summed E-state index contributed by atoms with van der Waals surface area (Å²) >= 11 is 6.70. The molecule has 210 valence electrons. The number of nitrogens with zero attached hydrogens (tertiary/aromatic N) is 4. The molecule has 3 aromatic rings. The van der Waals surface area contributed by atoms with Gasteiger partial charge < -0.3 is 14.6 Å². The third-order valence-electron chi connectivity index (χ3n) is 7.32. The van der Waals surface area contributed by atoms with Crippen molar-refractivity contribution in [2.75, 3.05) is 32.9 Å². The lowest BCUT2D eigenvalue weighted by Gasteiger charge is -2.42. The molecular formula is C27H24ClF3N4O4S. The van der Waals surface area contributed by atoms with Gasteiger partial charge in [-0.15, -0.1) is 0 Å². The van der Waals surface area contributed by atoms with Crippen LogP contribution >= 0.6 is 22.9 Å². The first-order valence-corrected chi connectivity index (χ1v) is 13.8. The Hall–Kier alpha value is -3.03. The summed E-state index contributed by atoms with van der Waals surface area (Å²) in [6.45, 7) is 3.11. The van der Waals surface area contributed by atoms with Crippen molar-refractivity contribution in [3.05, 3.63) is 83.2 Å². The first-order valence-electron chi connectivity index (χ1n) is 12.6. The van der Waals surface area contributed by atoms with Gasteiger partial charge in [0.2, 0.25) is 5.88 Å². The van der Waals surface area contributed by atoms with Crippen LogP contribution < -0.4 is 15.4 Å². The molecule has 2 atom stereocenters. The van der Waals surface area contributed by atoms with Crippen LogP contribution in [0.3, 0.4) is 0 Å². The Bertz CT molecular complexity index is 1670. The Morgan fingerprint density at radius 3 is 2.88 bits per heavy atom. The molecule has 3 aliphatic rings. The van der Waals surface area contributed by atoms with Crippen LogP contribution in [0.4, 0.5) is 13.2 Å². The number of alkyl halides is 3. The third-order valence-corrected chi connectivity index (χ3v) is 8.59. The molecule has 4 heterocycles. The van der Waals surface area contributed by atoms with Gasteiger partial charge in [-0.1, -0.05) is 35.1 Å². The third kappa shape index (κ3) is 5.34. The average Bonchev–Trinajstić information content (AvgIpc) is 3.51. The maximum absolute atomic E-state index is 14.0. The van der Waals surface area contributed by atoms with Gasteiger partial charge in [-0.05, 0) is 40.6 Å². The second-order valence-electron chi connectivity index (χ2n) is 9.88. The molecule has 2 saturated heterocycles. The molecule has 6 rings (SSSR count). The number of halogens is 4. The highest BCUT2D eigenvalue weighted by molar-refractivity contribution is 7.10. The van der Waals surface area contributed by atoms with Crippen LogP contribution in [-0.4, -0.2) is 65.8 Å². The summed E-state index contributed by atoms with van der Waals surface area (Å²) in [6, 6.07) is 8.90. The minimum absolute atomic E-state index is 0.0356. The highest BCUT2D eigenvalue weighted by Crippen LogP contribution is 2.37. The van der Waals surface area contributed by atoms with Gasteiger partial charge in [-0.3, -0.25) is 14.3 Å². The molecule has 1 N–H and O–H groups in total. The van der Waals surface area contributed by atoms with Gasteiger partial charge in [0.25, 0.3) is 0 Å². The number of fused-ring (bicyclic) bond motifs is 2. The maximum atomic E-state index is 14.0. The van der Waals surface area contributed by atoms with Crippen molar-refractivity contribution in [2.45, 2.75) is 31.3 Å². The topological polar surface area (TPSA) is 88.6 Å². The van der Waals surface area contributed by atoms with Crippen LogP contribution in [0.5, 0.6) is 5.88 Å². The van der Waals surface area contributed by atoms with E-state index < -0.39 is 16.6 Å². The number of aromatic hydroxyl groups is 1. The van der Waals surface area contributed by atoms with Crippen LogP contribution in [0, 0.1) is 0 Å². The summed E-state index contributed by atoms with van der Waals surface area (Å²) in [5.74, 6) is -0.306. The second-order valence-corrected chi connectivity index (χ2v) is 11.3. The predicted molar refractivity (Wildman–Crippen MR) is 144 cm³/mol. The molecule has 3 aliphatic heterocycles. The molecule has 40 heavy (non-hydrogen) atoms. The van der Waals surface area contributed by atoms with E-state index >= 15 is 0 Å². The van der Waals surface area contributed by atoms with Crippen molar-refractivity contribution < 1.29 is 27.8 Å². The molecule has 8 nitrogen and oxygen atoms in total. The van der Waals surface area contributed by atoms with Gasteiger partial charge in [-0.25, -0.2) is 0 Å². The van der Waals surface area contributed by atoms with Crippen LogP contribution in [0.2, 0.25) is 5.02 Å². The molecule has 2 aromatic carbocycles. The van der Waals surface area contributed by atoms with Crippen LogP contribution in [0.15, 0.2) is 51.4 Å². The molecular weight excluding hydrogens is 569 g/mol. The van der Waals surface area contributed by atoms with Crippen molar-refractivity contribution in [3.63, 3.8) is 0 Å². The number of ether oxygens (including phenoxy) is 2. The lowest BCUT2D eigenvalue weighted by atomic mass is 9.96. The fourth-order valence-electron chi connectivity index (χ4n) is 5.27. The van der Waals surface area contributed by atoms with E-state index in [0.29, 0.717) is 48.1 Å². The summed E-state index contributed by atoms with van der Waals surface area (Å²) in [5, 5.41) is 20.4. The molecule has 1 aromatic heterocycles. The summed E-state index contributed by atoms with van der Waals surface area (Å²) in [5.41, 5.74) is 0.139. The first kappa shape index (κ1) is 27.2. The number of hydrogen-bond acceptors (Lipinski definition) is 8. The monoisotopic (exact) mass is 592 g/mol. The van der Waals surface area contributed by atoms with Gasteiger partial charge in [0.1, 0.15) is 0 Å². The molecule has 2 fully saturated rings. The molecule has 0 saturated carbocycles. The number of aromatic nitrogens is 1. The van der Waals surface area contributed by atoms with Crippen LogP contribution in [-0.2, 0) is 28.6 Å². The normalized spacial score (nSPS) is 21.6. The van der Waals surface area contributed by atoms with E-state index in [2.05, 4.69) is 15.1 Å². The van der Waals surface area contributed by atoms with Gasteiger partial charge in [0, 0.05) is 30.1 Å². The lowest BCUT2D eigenvalue weighted by Crippen LogP contribution is -2.56. The van der Waals surface area contributed by atoms with Gasteiger partial charge >= 0.3 is 11.0 Å². The minimum Gasteiger partial charge on any atom is -0.493 e. The van der Waals surface area contributed by atoms with Crippen molar-refractivity contribution in [3.8, 4) is 5.88 Å². The largest absolute Gasteiger partial charge is 0.493 e. The van der Waals surface area contributed by atoms with Crippen LogP contribution in [0.25, 0.3) is 5.57 Å². The Morgan fingerprint density at radius 2 is 2.05 bits per heavy atom. The number of rotatable bonds is 5. The Balaban J connectivity index is 1.41. The summed E-state index contributed by atoms with van der Waals surface area (Å²) in [6.07, 6.45) is -3.64. The highest BCUT2D eigenvalue weighted by Gasteiger charge is 2.35. The first-order chi connectivity index (χ1) is 19.2. The van der Waals surface area contributed by atoms with Crippen LogP contribution in [0.1, 0.15) is 21.6 Å². The molecule has 0 spiro atoms. The molecule has 0 radical (unpaired) electrons. The van der Waals surface area contributed by atoms with E-state index in [0.717, 1.165) is 23.9 Å². The standard InChI is InChI=1S/C27H24ClF3N4O4S/c28-18-3-1-16(22(9-18)27(29,30)31)8-21(15-2-4-23-17(7-15)10-32-33-23)24-25(36)35(26(37)40-24)12-20-11-34-5-6-38-13-19(34)14-39-20/h1-4,7,9-10,19-20,36H,5-6,8,11-14H2/t19-,20-/m0/s1. The average molecular weight is 593 g/mol. The number of benzene rings is 2. The van der Waals surface area contributed by atoms with Gasteiger partial charge in [0.15, 0.2) is 0 Å². The summed E-state index contributed by atoms with van der Waals surface area (Å²) < 4.78 is 54.6. The zero-order chi connectivity index (χ0) is 28.0. The van der Waals surface area contributed by atoms with Crippen molar-refractivity contribution in [2.24, 2.45) is 10.2 Å². The van der Waals surface area contributed by atoms with E-state index in [1.54, 1.807) is 24.4 Å². The number of hydrogen-bond donors (Lipinski definition) is 1. The van der Waals surface area contributed by atoms with Gasteiger partial charge in [-0.2, -0.15) is 23.4 Å². The number of thiazole rings is 1. The maximum Gasteiger partial charge on any atom is 0.416 e. The van der Waals surface area contributed by atoms with Gasteiger partial charge in [0.05, 0.1) is 60.5 Å². The van der Waals surface area contributed by atoms with Crippen molar-refractivity contribution >= 4 is 34.7 Å². The Morgan fingerprint density at radius 1 is 1.20 bits per heavy atom.